The maximum Gasteiger partial charge on any atom is 0.303 e. The third kappa shape index (κ3) is 4.26. The standard InChI is InChI=1S/C11H13NO3/c1-8-4-3-5-10(6-8)12-11(14)7-15-9(2)13/h3-6H,7H2,1-2H3,(H,12,14). The molecule has 0 spiro atoms. The average Bonchev–Trinajstić information content (AvgIpc) is 2.15. The largest absolute Gasteiger partial charge is 0.456 e. The summed E-state index contributed by atoms with van der Waals surface area (Å²) in [7, 11) is 0. The summed E-state index contributed by atoms with van der Waals surface area (Å²) in [6.45, 7) is 2.95. The van der Waals surface area contributed by atoms with Crippen molar-refractivity contribution in [2.75, 3.05) is 11.9 Å². The first-order valence-electron chi connectivity index (χ1n) is 4.58. The second-order valence-corrected chi connectivity index (χ2v) is 3.20. The summed E-state index contributed by atoms with van der Waals surface area (Å²) in [4.78, 5) is 21.7. The van der Waals surface area contributed by atoms with Crippen LogP contribution in [-0.4, -0.2) is 18.5 Å². The molecular weight excluding hydrogens is 194 g/mol. The van der Waals surface area contributed by atoms with Gasteiger partial charge in [-0.05, 0) is 24.6 Å². The number of esters is 1. The summed E-state index contributed by atoms with van der Waals surface area (Å²) in [6.07, 6.45) is 0. The van der Waals surface area contributed by atoms with E-state index < -0.39 is 5.97 Å². The Morgan fingerprint density at radius 3 is 2.73 bits per heavy atom. The first-order chi connectivity index (χ1) is 7.08. The fraction of sp³-hybridized carbons (Fsp3) is 0.273. The molecule has 0 saturated carbocycles. The van der Waals surface area contributed by atoms with Gasteiger partial charge in [-0.2, -0.15) is 0 Å². The molecule has 1 amide bonds. The van der Waals surface area contributed by atoms with Crippen molar-refractivity contribution in [3.05, 3.63) is 29.8 Å². The Morgan fingerprint density at radius 2 is 2.13 bits per heavy atom. The van der Waals surface area contributed by atoms with Crippen LogP contribution in [0.4, 0.5) is 5.69 Å². The summed E-state index contributed by atoms with van der Waals surface area (Å²) in [5.74, 6) is -0.801. The minimum Gasteiger partial charge on any atom is -0.456 e. The van der Waals surface area contributed by atoms with Crippen molar-refractivity contribution in [3.63, 3.8) is 0 Å². The molecule has 0 aromatic heterocycles. The van der Waals surface area contributed by atoms with E-state index in [1.54, 1.807) is 6.07 Å². The Bertz CT molecular complexity index is 374. The monoisotopic (exact) mass is 207 g/mol. The lowest BCUT2D eigenvalue weighted by Crippen LogP contribution is -2.19. The molecule has 0 aliphatic rings. The Balaban J connectivity index is 2.48. The van der Waals surface area contributed by atoms with Gasteiger partial charge in [-0.15, -0.1) is 0 Å². The topological polar surface area (TPSA) is 55.4 Å². The number of carbonyl (C=O) groups excluding carboxylic acids is 2. The zero-order valence-corrected chi connectivity index (χ0v) is 8.74. The van der Waals surface area contributed by atoms with Crippen molar-refractivity contribution in [2.45, 2.75) is 13.8 Å². The molecule has 0 aliphatic heterocycles. The van der Waals surface area contributed by atoms with E-state index in [0.29, 0.717) is 5.69 Å². The molecule has 80 valence electrons. The average molecular weight is 207 g/mol. The summed E-state index contributed by atoms with van der Waals surface area (Å²) in [5.41, 5.74) is 1.76. The lowest BCUT2D eigenvalue weighted by atomic mass is 10.2. The molecule has 4 heteroatoms. The van der Waals surface area contributed by atoms with Gasteiger partial charge in [0.25, 0.3) is 5.91 Å². The van der Waals surface area contributed by atoms with E-state index in [0.717, 1.165) is 5.56 Å². The molecule has 0 unspecified atom stereocenters. The Kier molecular flexibility index (Phi) is 3.85. The number of nitrogens with one attached hydrogen (secondary N) is 1. The first-order valence-corrected chi connectivity index (χ1v) is 4.58. The Hall–Kier alpha value is -1.84. The molecule has 1 N–H and O–H groups in total. The van der Waals surface area contributed by atoms with Crippen LogP contribution in [0.5, 0.6) is 0 Å². The quantitative estimate of drug-likeness (QED) is 0.764. The van der Waals surface area contributed by atoms with Crippen molar-refractivity contribution >= 4 is 17.6 Å². The van der Waals surface area contributed by atoms with Crippen LogP contribution in [0.3, 0.4) is 0 Å². The van der Waals surface area contributed by atoms with Gasteiger partial charge < -0.3 is 10.1 Å². The summed E-state index contributed by atoms with van der Waals surface area (Å²) in [5, 5.41) is 2.62. The second kappa shape index (κ2) is 5.14. The zero-order valence-electron chi connectivity index (χ0n) is 8.74. The number of hydrogen-bond acceptors (Lipinski definition) is 3. The van der Waals surface area contributed by atoms with Crippen molar-refractivity contribution in [3.8, 4) is 0 Å². The molecule has 0 atom stereocenters. The van der Waals surface area contributed by atoms with Crippen LogP contribution in [0.1, 0.15) is 12.5 Å². The van der Waals surface area contributed by atoms with E-state index in [-0.39, 0.29) is 12.5 Å². The van der Waals surface area contributed by atoms with Crippen molar-refractivity contribution in [1.82, 2.24) is 0 Å². The van der Waals surface area contributed by atoms with Crippen LogP contribution in [0.25, 0.3) is 0 Å². The highest BCUT2D eigenvalue weighted by atomic mass is 16.5. The van der Waals surface area contributed by atoms with Crippen LogP contribution in [0.15, 0.2) is 24.3 Å². The highest BCUT2D eigenvalue weighted by Gasteiger charge is 2.03. The highest BCUT2D eigenvalue weighted by Crippen LogP contribution is 2.08. The molecule has 0 saturated heterocycles. The zero-order chi connectivity index (χ0) is 11.3. The molecule has 1 aromatic rings. The maximum atomic E-state index is 11.2. The molecule has 0 radical (unpaired) electrons. The highest BCUT2D eigenvalue weighted by molar-refractivity contribution is 5.92. The smallest absolute Gasteiger partial charge is 0.303 e. The summed E-state index contributed by atoms with van der Waals surface area (Å²) in [6, 6.07) is 7.39. The van der Waals surface area contributed by atoms with E-state index in [4.69, 9.17) is 0 Å². The summed E-state index contributed by atoms with van der Waals surface area (Å²) < 4.78 is 4.56. The van der Waals surface area contributed by atoms with Gasteiger partial charge in [0.2, 0.25) is 0 Å². The van der Waals surface area contributed by atoms with Gasteiger partial charge in [-0.1, -0.05) is 12.1 Å². The molecule has 0 fully saturated rings. The van der Waals surface area contributed by atoms with Gasteiger partial charge in [-0.3, -0.25) is 9.59 Å². The molecule has 1 rings (SSSR count). The van der Waals surface area contributed by atoms with E-state index in [9.17, 15) is 9.59 Å². The van der Waals surface area contributed by atoms with Crippen LogP contribution in [0.2, 0.25) is 0 Å². The third-order valence-electron chi connectivity index (χ3n) is 1.71. The second-order valence-electron chi connectivity index (χ2n) is 3.20. The fourth-order valence-electron chi connectivity index (χ4n) is 1.09. The van der Waals surface area contributed by atoms with Gasteiger partial charge in [0.05, 0.1) is 0 Å². The number of ether oxygens (including phenoxy) is 1. The molecule has 15 heavy (non-hydrogen) atoms. The van der Waals surface area contributed by atoms with Crippen LogP contribution >= 0.6 is 0 Å². The van der Waals surface area contributed by atoms with Gasteiger partial charge in [0.15, 0.2) is 6.61 Å². The number of aryl methyl sites for hydroxylation is 1. The normalized spacial score (nSPS) is 9.47. The van der Waals surface area contributed by atoms with Crippen LogP contribution in [-0.2, 0) is 14.3 Å². The maximum absolute atomic E-state index is 11.2. The number of amides is 1. The molecule has 0 bridgehead atoms. The molecular formula is C11H13NO3. The van der Waals surface area contributed by atoms with Crippen molar-refractivity contribution < 1.29 is 14.3 Å². The molecule has 0 heterocycles. The van der Waals surface area contributed by atoms with Gasteiger partial charge in [0.1, 0.15) is 0 Å². The number of benzene rings is 1. The number of anilines is 1. The first kappa shape index (κ1) is 11.2. The number of rotatable bonds is 3. The predicted molar refractivity (Wildman–Crippen MR) is 56.4 cm³/mol. The number of hydrogen-bond donors (Lipinski definition) is 1. The third-order valence-corrected chi connectivity index (χ3v) is 1.71. The molecule has 4 nitrogen and oxygen atoms in total. The van der Waals surface area contributed by atoms with Gasteiger partial charge >= 0.3 is 5.97 Å². The predicted octanol–water partition coefficient (Wildman–Crippen LogP) is 1.50. The van der Waals surface area contributed by atoms with Crippen LogP contribution < -0.4 is 5.32 Å². The van der Waals surface area contributed by atoms with E-state index in [2.05, 4.69) is 10.1 Å². The lowest BCUT2D eigenvalue weighted by Gasteiger charge is -2.05. The fourth-order valence-corrected chi connectivity index (χ4v) is 1.09. The Morgan fingerprint density at radius 1 is 1.40 bits per heavy atom. The van der Waals surface area contributed by atoms with Crippen LogP contribution in [0, 0.1) is 6.92 Å². The van der Waals surface area contributed by atoms with Crippen molar-refractivity contribution in [2.24, 2.45) is 0 Å². The van der Waals surface area contributed by atoms with Gasteiger partial charge in [-0.25, -0.2) is 0 Å². The van der Waals surface area contributed by atoms with E-state index in [1.165, 1.54) is 6.92 Å². The SMILES string of the molecule is CC(=O)OCC(=O)Nc1cccc(C)c1. The minimum atomic E-state index is -0.464. The minimum absolute atomic E-state index is 0.247. The number of carbonyl (C=O) groups is 2. The van der Waals surface area contributed by atoms with Crippen molar-refractivity contribution in [1.29, 1.82) is 0 Å². The summed E-state index contributed by atoms with van der Waals surface area (Å²) >= 11 is 0. The Labute approximate surface area is 88.2 Å². The lowest BCUT2D eigenvalue weighted by molar-refractivity contribution is -0.144. The molecule has 1 aromatic carbocycles. The molecule has 0 aliphatic carbocycles. The van der Waals surface area contributed by atoms with E-state index >= 15 is 0 Å². The van der Waals surface area contributed by atoms with E-state index in [1.807, 2.05) is 25.1 Å². The van der Waals surface area contributed by atoms with Gasteiger partial charge in [0, 0.05) is 12.6 Å².